The highest BCUT2D eigenvalue weighted by Gasteiger charge is 2.15. The van der Waals surface area contributed by atoms with E-state index in [2.05, 4.69) is 10.3 Å². The lowest BCUT2D eigenvalue weighted by Gasteiger charge is -2.11. The molecular formula is C8H13N3O3S2. The van der Waals surface area contributed by atoms with Crippen LogP contribution in [0.1, 0.15) is 17.4 Å². The molecule has 1 heterocycles. The largest absolute Gasteiger partial charge is 0.375 e. The molecular weight excluding hydrogens is 250 g/mol. The van der Waals surface area contributed by atoms with E-state index in [1.54, 1.807) is 6.92 Å². The lowest BCUT2D eigenvalue weighted by atomic mass is 10.3. The van der Waals surface area contributed by atoms with E-state index in [1.165, 1.54) is 5.38 Å². The van der Waals surface area contributed by atoms with Crippen molar-refractivity contribution >= 4 is 32.2 Å². The van der Waals surface area contributed by atoms with Crippen molar-refractivity contribution in [1.82, 2.24) is 10.3 Å². The average molecular weight is 263 g/mol. The van der Waals surface area contributed by atoms with E-state index in [4.69, 9.17) is 5.73 Å². The Morgan fingerprint density at radius 1 is 1.69 bits per heavy atom. The van der Waals surface area contributed by atoms with Crippen LogP contribution in [0.15, 0.2) is 5.38 Å². The number of hydrogen-bond donors (Lipinski definition) is 2. The van der Waals surface area contributed by atoms with Gasteiger partial charge in [0.25, 0.3) is 5.91 Å². The van der Waals surface area contributed by atoms with Crippen molar-refractivity contribution in [3.05, 3.63) is 11.1 Å². The predicted octanol–water partition coefficient (Wildman–Crippen LogP) is -0.112. The number of amides is 1. The van der Waals surface area contributed by atoms with Gasteiger partial charge in [-0.05, 0) is 6.92 Å². The standard InChI is InChI=1S/C8H13N3O3S2/c1-5(4-16(2,13)14)10-7(12)6-3-15-8(9)11-6/h3,5H,4H2,1-2H3,(H2,9,11)(H,10,12). The van der Waals surface area contributed by atoms with E-state index < -0.39 is 21.8 Å². The number of carbonyl (C=O) groups is 1. The van der Waals surface area contributed by atoms with Gasteiger partial charge in [-0.1, -0.05) is 0 Å². The first kappa shape index (κ1) is 12.9. The molecule has 0 aliphatic rings. The van der Waals surface area contributed by atoms with Crippen molar-refractivity contribution < 1.29 is 13.2 Å². The zero-order valence-electron chi connectivity index (χ0n) is 8.93. The van der Waals surface area contributed by atoms with E-state index in [9.17, 15) is 13.2 Å². The number of anilines is 1. The molecule has 0 bridgehead atoms. The molecule has 1 aromatic rings. The Balaban J connectivity index is 2.58. The predicted molar refractivity (Wildman–Crippen MR) is 63.2 cm³/mol. The van der Waals surface area contributed by atoms with Gasteiger partial charge in [-0.15, -0.1) is 11.3 Å². The minimum Gasteiger partial charge on any atom is -0.375 e. The summed E-state index contributed by atoms with van der Waals surface area (Å²) in [6.07, 6.45) is 1.12. The highest BCUT2D eigenvalue weighted by molar-refractivity contribution is 7.90. The molecule has 0 aromatic carbocycles. The Morgan fingerprint density at radius 3 is 2.75 bits per heavy atom. The summed E-state index contributed by atoms with van der Waals surface area (Å²) in [4.78, 5) is 15.3. The maximum absolute atomic E-state index is 11.5. The quantitative estimate of drug-likeness (QED) is 0.789. The van der Waals surface area contributed by atoms with E-state index in [-0.39, 0.29) is 11.4 Å². The van der Waals surface area contributed by atoms with Gasteiger partial charge in [0, 0.05) is 17.7 Å². The summed E-state index contributed by atoms with van der Waals surface area (Å²) in [6, 6.07) is -0.453. The highest BCUT2D eigenvalue weighted by atomic mass is 32.2. The molecule has 0 saturated carbocycles. The second-order valence-corrected chi connectivity index (χ2v) is 6.61. The minimum absolute atomic E-state index is 0.0988. The fraction of sp³-hybridized carbons (Fsp3) is 0.500. The lowest BCUT2D eigenvalue weighted by molar-refractivity contribution is 0.0939. The number of nitrogens with two attached hydrogens (primary N) is 1. The summed E-state index contributed by atoms with van der Waals surface area (Å²) in [6.45, 7) is 1.62. The molecule has 1 amide bonds. The van der Waals surface area contributed by atoms with Crippen molar-refractivity contribution in [2.75, 3.05) is 17.7 Å². The van der Waals surface area contributed by atoms with Gasteiger partial charge in [0.2, 0.25) is 0 Å². The van der Waals surface area contributed by atoms with Gasteiger partial charge in [-0.2, -0.15) is 0 Å². The second-order valence-electron chi connectivity index (χ2n) is 3.54. The SMILES string of the molecule is CC(CS(C)(=O)=O)NC(=O)c1csc(N)n1. The van der Waals surface area contributed by atoms with Crippen LogP contribution in [-0.2, 0) is 9.84 Å². The Morgan fingerprint density at radius 2 is 2.31 bits per heavy atom. The Bertz CT molecular complexity index is 480. The van der Waals surface area contributed by atoms with Gasteiger partial charge >= 0.3 is 0 Å². The van der Waals surface area contributed by atoms with Crippen molar-refractivity contribution in [1.29, 1.82) is 0 Å². The fourth-order valence-corrected chi connectivity index (χ4v) is 2.72. The van der Waals surface area contributed by atoms with Crippen LogP contribution in [0.3, 0.4) is 0 Å². The van der Waals surface area contributed by atoms with E-state index in [1.807, 2.05) is 0 Å². The third kappa shape index (κ3) is 4.15. The molecule has 1 atom stereocenters. The number of hydrogen-bond acceptors (Lipinski definition) is 6. The minimum atomic E-state index is -3.10. The van der Waals surface area contributed by atoms with Crippen molar-refractivity contribution in [3.8, 4) is 0 Å². The van der Waals surface area contributed by atoms with Gasteiger partial charge in [-0.25, -0.2) is 13.4 Å². The van der Waals surface area contributed by atoms with Crippen LogP contribution in [0.25, 0.3) is 0 Å². The van der Waals surface area contributed by atoms with E-state index in [0.717, 1.165) is 17.6 Å². The van der Waals surface area contributed by atoms with Crippen molar-refractivity contribution in [2.45, 2.75) is 13.0 Å². The third-order valence-electron chi connectivity index (χ3n) is 1.68. The van der Waals surface area contributed by atoms with Gasteiger partial charge in [0.15, 0.2) is 5.13 Å². The average Bonchev–Trinajstić information content (AvgIpc) is 2.47. The summed E-state index contributed by atoms with van der Waals surface area (Å²) >= 11 is 1.16. The summed E-state index contributed by atoms with van der Waals surface area (Å²) in [5.41, 5.74) is 5.59. The van der Waals surface area contributed by atoms with Crippen LogP contribution in [-0.4, -0.2) is 37.4 Å². The topological polar surface area (TPSA) is 102 Å². The van der Waals surface area contributed by atoms with Crippen molar-refractivity contribution in [3.63, 3.8) is 0 Å². The molecule has 1 unspecified atom stereocenters. The normalized spacial score (nSPS) is 13.4. The molecule has 0 spiro atoms. The smallest absolute Gasteiger partial charge is 0.271 e. The lowest BCUT2D eigenvalue weighted by Crippen LogP contribution is -2.37. The molecule has 0 saturated heterocycles. The van der Waals surface area contributed by atoms with Crippen LogP contribution in [0.4, 0.5) is 5.13 Å². The molecule has 3 N–H and O–H groups in total. The third-order valence-corrected chi connectivity index (χ3v) is 3.46. The molecule has 6 nitrogen and oxygen atoms in total. The van der Waals surface area contributed by atoms with Crippen LogP contribution >= 0.6 is 11.3 Å². The van der Waals surface area contributed by atoms with E-state index >= 15 is 0 Å². The van der Waals surface area contributed by atoms with Crippen LogP contribution in [0, 0.1) is 0 Å². The number of nitrogen functional groups attached to an aromatic ring is 1. The monoisotopic (exact) mass is 263 g/mol. The zero-order chi connectivity index (χ0) is 12.3. The van der Waals surface area contributed by atoms with Gasteiger partial charge in [-0.3, -0.25) is 4.79 Å². The molecule has 1 rings (SSSR count). The van der Waals surface area contributed by atoms with Crippen LogP contribution in [0.2, 0.25) is 0 Å². The number of sulfone groups is 1. The molecule has 8 heteroatoms. The number of aromatic nitrogens is 1. The Hall–Kier alpha value is -1.15. The number of nitrogens with one attached hydrogen (secondary N) is 1. The number of nitrogens with zero attached hydrogens (tertiary/aromatic N) is 1. The molecule has 90 valence electrons. The first-order chi connectivity index (χ1) is 7.28. The summed E-state index contributed by atoms with van der Waals surface area (Å²) in [5.74, 6) is -0.512. The zero-order valence-corrected chi connectivity index (χ0v) is 10.6. The molecule has 0 aliphatic carbocycles. The first-order valence-corrected chi connectivity index (χ1v) is 7.41. The summed E-state index contributed by atoms with van der Waals surface area (Å²) < 4.78 is 22.0. The van der Waals surface area contributed by atoms with Crippen LogP contribution < -0.4 is 11.1 Å². The summed E-state index contributed by atoms with van der Waals surface area (Å²) in [5, 5.41) is 4.37. The van der Waals surface area contributed by atoms with Gasteiger partial charge in [0.05, 0.1) is 5.75 Å². The fourth-order valence-electron chi connectivity index (χ4n) is 1.19. The molecule has 0 aliphatic heterocycles. The van der Waals surface area contributed by atoms with Crippen molar-refractivity contribution in [2.24, 2.45) is 0 Å². The number of thiazole rings is 1. The number of rotatable bonds is 4. The molecule has 1 aromatic heterocycles. The second kappa shape index (κ2) is 4.79. The number of carbonyl (C=O) groups excluding carboxylic acids is 1. The van der Waals surface area contributed by atoms with E-state index in [0.29, 0.717) is 5.13 Å². The van der Waals surface area contributed by atoms with Gasteiger partial charge < -0.3 is 11.1 Å². The maximum Gasteiger partial charge on any atom is 0.271 e. The van der Waals surface area contributed by atoms with Gasteiger partial charge in [0.1, 0.15) is 15.5 Å². The first-order valence-electron chi connectivity index (χ1n) is 4.47. The highest BCUT2D eigenvalue weighted by Crippen LogP contribution is 2.10. The molecule has 0 radical (unpaired) electrons. The Kier molecular flexibility index (Phi) is 3.87. The maximum atomic E-state index is 11.5. The summed E-state index contributed by atoms with van der Waals surface area (Å²) in [7, 11) is -3.10. The Labute approximate surface area is 97.8 Å². The molecule has 0 fully saturated rings. The van der Waals surface area contributed by atoms with Crippen LogP contribution in [0.5, 0.6) is 0 Å². The molecule has 16 heavy (non-hydrogen) atoms.